The molecule has 2 heterocycles. The van der Waals surface area contributed by atoms with Crippen molar-refractivity contribution in [3.63, 3.8) is 0 Å². The first-order valence-electron chi connectivity index (χ1n) is 7.48. The first kappa shape index (κ1) is 14.5. The lowest BCUT2D eigenvalue weighted by atomic mass is 10.2. The molecule has 0 radical (unpaired) electrons. The molecule has 21 heavy (non-hydrogen) atoms. The number of nitrogens with zero attached hydrogens (tertiary/aromatic N) is 3. The summed E-state index contributed by atoms with van der Waals surface area (Å²) in [5.74, 6) is 0.708. The van der Waals surface area contributed by atoms with Gasteiger partial charge in [-0.1, -0.05) is 18.2 Å². The van der Waals surface area contributed by atoms with E-state index in [0.717, 1.165) is 24.5 Å². The molecule has 0 amide bonds. The molecule has 0 unspecified atom stereocenters. The average molecular weight is 303 g/mol. The number of aromatic nitrogens is 2. The van der Waals surface area contributed by atoms with Crippen molar-refractivity contribution in [1.29, 1.82) is 0 Å². The molecule has 0 saturated carbocycles. The van der Waals surface area contributed by atoms with E-state index in [4.69, 9.17) is 0 Å². The monoisotopic (exact) mass is 303 g/mol. The quantitative estimate of drug-likeness (QED) is 0.821. The van der Waals surface area contributed by atoms with Gasteiger partial charge in [0.2, 0.25) is 0 Å². The van der Waals surface area contributed by atoms with E-state index in [1.54, 1.807) is 0 Å². The summed E-state index contributed by atoms with van der Waals surface area (Å²) in [5, 5.41) is 4.29. The highest BCUT2D eigenvalue weighted by Crippen LogP contribution is 2.19. The summed E-state index contributed by atoms with van der Waals surface area (Å²) >= 11 is 0. The van der Waals surface area contributed by atoms with Crippen molar-refractivity contribution in [1.82, 2.24) is 14.7 Å². The van der Waals surface area contributed by atoms with Crippen LogP contribution in [0.5, 0.6) is 0 Å². The van der Waals surface area contributed by atoms with Crippen molar-refractivity contribution in [2.75, 3.05) is 18.8 Å². The molecule has 1 aliphatic heterocycles. The third kappa shape index (κ3) is 3.80. The van der Waals surface area contributed by atoms with Gasteiger partial charge in [-0.2, -0.15) is 5.10 Å². The van der Waals surface area contributed by atoms with Crippen molar-refractivity contribution in [3.8, 4) is 0 Å². The third-order valence-corrected chi connectivity index (χ3v) is 5.38. The zero-order chi connectivity index (χ0) is 14.5. The fourth-order valence-corrected chi connectivity index (χ4v) is 4.01. The van der Waals surface area contributed by atoms with E-state index in [9.17, 15) is 4.21 Å². The Morgan fingerprint density at radius 2 is 2.10 bits per heavy atom. The predicted octanol–water partition coefficient (Wildman–Crippen LogP) is 2.16. The van der Waals surface area contributed by atoms with Crippen molar-refractivity contribution in [2.45, 2.75) is 30.3 Å². The highest BCUT2D eigenvalue weighted by atomic mass is 32.2. The molecular weight excluding hydrogens is 282 g/mol. The van der Waals surface area contributed by atoms with Gasteiger partial charge in [-0.25, -0.2) is 0 Å². The van der Waals surface area contributed by atoms with Crippen LogP contribution in [0.3, 0.4) is 0 Å². The molecule has 0 bridgehead atoms. The van der Waals surface area contributed by atoms with E-state index in [1.807, 2.05) is 53.5 Å². The second-order valence-corrected chi connectivity index (χ2v) is 6.99. The average Bonchev–Trinajstić information content (AvgIpc) is 3.18. The maximum atomic E-state index is 12.3. The van der Waals surface area contributed by atoms with Crippen LogP contribution >= 0.6 is 0 Å². The van der Waals surface area contributed by atoms with Gasteiger partial charge in [0.05, 0.1) is 17.3 Å². The Bertz CT molecular complexity index is 570. The van der Waals surface area contributed by atoms with Crippen LogP contribution in [-0.4, -0.2) is 43.8 Å². The summed E-state index contributed by atoms with van der Waals surface area (Å²) in [6.45, 7) is 2.94. The van der Waals surface area contributed by atoms with Crippen LogP contribution in [0, 0.1) is 0 Å². The van der Waals surface area contributed by atoms with Crippen LogP contribution < -0.4 is 0 Å². The van der Waals surface area contributed by atoms with Gasteiger partial charge < -0.3 is 0 Å². The van der Waals surface area contributed by atoms with E-state index >= 15 is 0 Å². The maximum Gasteiger partial charge on any atom is 0.0564 e. The Hall–Kier alpha value is -1.46. The highest BCUT2D eigenvalue weighted by molar-refractivity contribution is 7.85. The molecule has 112 valence electrons. The lowest BCUT2D eigenvalue weighted by Gasteiger charge is -2.24. The van der Waals surface area contributed by atoms with Gasteiger partial charge in [-0.3, -0.25) is 13.8 Å². The molecule has 0 N–H and O–H groups in total. The van der Waals surface area contributed by atoms with E-state index in [1.165, 1.54) is 12.8 Å². The first-order chi connectivity index (χ1) is 10.3. The van der Waals surface area contributed by atoms with Gasteiger partial charge in [-0.05, 0) is 37.6 Å². The predicted molar refractivity (Wildman–Crippen MR) is 84.5 cm³/mol. The maximum absolute atomic E-state index is 12.3. The molecule has 2 aromatic rings. The summed E-state index contributed by atoms with van der Waals surface area (Å²) in [5.41, 5.74) is 0. The molecule has 1 aromatic heterocycles. The van der Waals surface area contributed by atoms with Crippen molar-refractivity contribution in [3.05, 3.63) is 48.8 Å². The van der Waals surface area contributed by atoms with Crippen molar-refractivity contribution < 1.29 is 4.21 Å². The molecule has 1 saturated heterocycles. The number of hydrogen-bond acceptors (Lipinski definition) is 3. The lowest BCUT2D eigenvalue weighted by Crippen LogP contribution is -2.35. The smallest absolute Gasteiger partial charge is 0.0564 e. The second-order valence-electron chi connectivity index (χ2n) is 5.42. The molecule has 4 nitrogen and oxygen atoms in total. The molecule has 0 aliphatic carbocycles. The van der Waals surface area contributed by atoms with Crippen LogP contribution in [0.2, 0.25) is 0 Å². The highest BCUT2D eigenvalue weighted by Gasteiger charge is 2.25. The van der Waals surface area contributed by atoms with Crippen LogP contribution in [0.15, 0.2) is 53.7 Å². The van der Waals surface area contributed by atoms with Crippen molar-refractivity contribution in [2.24, 2.45) is 0 Å². The number of likely N-dealkylation sites (tertiary alicyclic amines) is 1. The van der Waals surface area contributed by atoms with Gasteiger partial charge in [0.15, 0.2) is 0 Å². The van der Waals surface area contributed by atoms with Crippen LogP contribution in [0.25, 0.3) is 0 Å². The van der Waals surface area contributed by atoms with Crippen LogP contribution in [-0.2, 0) is 17.3 Å². The summed E-state index contributed by atoms with van der Waals surface area (Å²) < 4.78 is 14.3. The molecular formula is C16H21N3OS. The second kappa shape index (κ2) is 7.00. The zero-order valence-corrected chi connectivity index (χ0v) is 12.9. The Morgan fingerprint density at radius 1 is 1.24 bits per heavy atom. The van der Waals surface area contributed by atoms with Gasteiger partial charge in [0, 0.05) is 35.6 Å². The summed E-state index contributed by atoms with van der Waals surface area (Å²) in [6.07, 6.45) is 6.27. The molecule has 1 aliphatic rings. The van der Waals surface area contributed by atoms with Crippen LogP contribution in [0.4, 0.5) is 0 Å². The Labute approximate surface area is 128 Å². The zero-order valence-electron chi connectivity index (χ0n) is 12.1. The van der Waals surface area contributed by atoms with E-state index in [0.29, 0.717) is 11.8 Å². The van der Waals surface area contributed by atoms with E-state index in [2.05, 4.69) is 10.00 Å². The minimum atomic E-state index is -0.897. The fraction of sp³-hybridized carbons (Fsp3) is 0.438. The fourth-order valence-electron chi connectivity index (χ4n) is 2.91. The summed E-state index contributed by atoms with van der Waals surface area (Å²) in [7, 11) is -0.897. The topological polar surface area (TPSA) is 38.1 Å². The summed E-state index contributed by atoms with van der Waals surface area (Å²) in [6, 6.07) is 12.2. The van der Waals surface area contributed by atoms with Crippen LogP contribution in [0.1, 0.15) is 12.8 Å². The molecule has 0 spiro atoms. The standard InChI is InChI=1S/C16H21N3OS/c20-21(16-7-2-1-3-8-16)13-12-18-10-4-6-15(18)14-19-11-5-9-17-19/h1-3,5,7-9,11,15H,4,6,10,12-14H2/t15-,21+/m0/s1. The lowest BCUT2D eigenvalue weighted by molar-refractivity contribution is 0.240. The Kier molecular flexibility index (Phi) is 4.83. The SMILES string of the molecule is O=[S@](CCN1CCC[C@H]1Cn1cccn1)c1ccccc1. The van der Waals surface area contributed by atoms with Gasteiger partial charge in [0.25, 0.3) is 0 Å². The number of benzene rings is 1. The third-order valence-electron chi connectivity index (χ3n) is 4.03. The van der Waals surface area contributed by atoms with Gasteiger partial charge in [-0.15, -0.1) is 0 Å². The molecule has 1 aromatic carbocycles. The van der Waals surface area contributed by atoms with Gasteiger partial charge in [0.1, 0.15) is 0 Å². The van der Waals surface area contributed by atoms with E-state index in [-0.39, 0.29) is 0 Å². The molecule has 5 heteroatoms. The molecule has 3 rings (SSSR count). The Balaban J connectivity index is 1.53. The largest absolute Gasteiger partial charge is 0.298 e. The normalized spacial score (nSPS) is 20.7. The minimum absolute atomic E-state index is 0.526. The van der Waals surface area contributed by atoms with Crippen molar-refractivity contribution >= 4 is 10.8 Å². The van der Waals surface area contributed by atoms with E-state index < -0.39 is 10.8 Å². The number of hydrogen-bond donors (Lipinski definition) is 0. The summed E-state index contributed by atoms with van der Waals surface area (Å²) in [4.78, 5) is 3.39. The number of rotatable bonds is 6. The van der Waals surface area contributed by atoms with Gasteiger partial charge >= 0.3 is 0 Å². The first-order valence-corrected chi connectivity index (χ1v) is 8.80. The molecule has 2 atom stereocenters. The Morgan fingerprint density at radius 3 is 2.86 bits per heavy atom. The minimum Gasteiger partial charge on any atom is -0.298 e. The molecule has 1 fully saturated rings.